The number of nitrogens with zero attached hydrogens (tertiary/aromatic N) is 3. The van der Waals surface area contributed by atoms with Crippen molar-refractivity contribution in [1.82, 2.24) is 14.9 Å². The Hall–Kier alpha value is -2.32. The zero-order chi connectivity index (χ0) is 21.0. The Morgan fingerprint density at radius 2 is 1.86 bits per heavy atom. The lowest BCUT2D eigenvalue weighted by Crippen LogP contribution is -2.24. The van der Waals surface area contributed by atoms with Crippen LogP contribution in [0.5, 0.6) is 0 Å². The highest BCUT2D eigenvalue weighted by Crippen LogP contribution is 2.30. The zero-order valence-corrected chi connectivity index (χ0v) is 19.0. The Kier molecular flexibility index (Phi) is 6.97. The summed E-state index contributed by atoms with van der Waals surface area (Å²) >= 11 is 4.78. The van der Waals surface area contributed by atoms with Crippen molar-refractivity contribution < 1.29 is 4.79 Å². The number of hydrogen-bond acceptors (Lipinski definition) is 5. The van der Waals surface area contributed by atoms with E-state index in [1.807, 2.05) is 49.4 Å². The van der Waals surface area contributed by atoms with Crippen molar-refractivity contribution in [1.29, 1.82) is 0 Å². The lowest BCUT2D eigenvalue weighted by molar-refractivity contribution is -0.115. The van der Waals surface area contributed by atoms with Gasteiger partial charge in [-0.05, 0) is 43.0 Å². The third-order valence-corrected chi connectivity index (χ3v) is 6.54. The fraction of sp³-hybridized carbons (Fsp3) is 0.286. The predicted octanol–water partition coefficient (Wildman–Crippen LogP) is 5.05. The molecule has 0 bridgehead atoms. The molecule has 2 unspecified atom stereocenters. The summed E-state index contributed by atoms with van der Waals surface area (Å²) in [6, 6.07) is 15.6. The minimum Gasteiger partial charge on any atom is -0.335 e. The van der Waals surface area contributed by atoms with Gasteiger partial charge in [0.2, 0.25) is 11.1 Å². The maximum Gasteiger partial charge on any atom is 0.237 e. The molecule has 1 aromatic heterocycles. The van der Waals surface area contributed by atoms with Crippen LogP contribution >= 0.6 is 27.7 Å². The number of hydrogen-bond donors (Lipinski definition) is 2. The summed E-state index contributed by atoms with van der Waals surface area (Å²) in [6.45, 7) is 6.13. The van der Waals surface area contributed by atoms with Crippen LogP contribution in [0.15, 0.2) is 58.2 Å². The molecule has 0 radical (unpaired) electrons. The number of aromatic nitrogens is 3. The van der Waals surface area contributed by atoms with Gasteiger partial charge in [0.15, 0.2) is 5.82 Å². The van der Waals surface area contributed by atoms with Crippen LogP contribution in [0.1, 0.15) is 38.7 Å². The molecule has 152 valence electrons. The van der Waals surface area contributed by atoms with E-state index in [-0.39, 0.29) is 5.91 Å². The molecule has 2 aromatic carbocycles. The summed E-state index contributed by atoms with van der Waals surface area (Å²) in [6.07, 6.45) is 1.01. The summed E-state index contributed by atoms with van der Waals surface area (Å²) in [5.74, 6) is 7.01. The van der Waals surface area contributed by atoms with E-state index in [0.29, 0.717) is 16.9 Å². The molecule has 2 atom stereocenters. The predicted molar refractivity (Wildman–Crippen MR) is 122 cm³/mol. The number of anilines is 1. The average molecular weight is 474 g/mol. The highest BCUT2D eigenvalue weighted by atomic mass is 79.9. The number of carbonyl (C=O) groups is 1. The van der Waals surface area contributed by atoms with E-state index >= 15 is 0 Å². The van der Waals surface area contributed by atoms with Crippen LogP contribution in [0.4, 0.5) is 5.69 Å². The van der Waals surface area contributed by atoms with Gasteiger partial charge in [0, 0.05) is 15.7 Å². The van der Waals surface area contributed by atoms with Crippen LogP contribution in [-0.4, -0.2) is 26.0 Å². The van der Waals surface area contributed by atoms with Crippen LogP contribution in [0.2, 0.25) is 0 Å². The normalized spacial score (nSPS) is 13.1. The largest absolute Gasteiger partial charge is 0.335 e. The molecule has 0 aliphatic heterocycles. The zero-order valence-electron chi connectivity index (χ0n) is 16.6. The monoisotopic (exact) mass is 473 g/mol. The van der Waals surface area contributed by atoms with E-state index < -0.39 is 5.25 Å². The molecular formula is C21H24BrN5OS. The quantitative estimate of drug-likeness (QED) is 0.370. The minimum absolute atomic E-state index is 0.101. The van der Waals surface area contributed by atoms with E-state index in [9.17, 15) is 4.79 Å². The number of nitrogens with two attached hydrogens (primary N) is 1. The summed E-state index contributed by atoms with van der Waals surface area (Å²) in [4.78, 5) is 12.8. The highest BCUT2D eigenvalue weighted by Gasteiger charge is 2.21. The molecule has 0 spiro atoms. The second-order valence-corrected chi connectivity index (χ2v) is 8.96. The van der Waals surface area contributed by atoms with Crippen molar-refractivity contribution in [3.05, 3.63) is 58.6 Å². The standard InChI is InChI=1S/C21H24BrN5OS/c1-4-13(2)15-9-6-8-12-18(15)24-20(28)14(3)29-21-26-25-19(27(21)23)16-10-5-7-11-17(16)22/h5-14H,4,23H2,1-3H3,(H,24,28). The fourth-order valence-electron chi connectivity index (χ4n) is 2.89. The second kappa shape index (κ2) is 9.45. The van der Waals surface area contributed by atoms with Gasteiger partial charge in [-0.25, -0.2) is 4.68 Å². The number of amides is 1. The summed E-state index contributed by atoms with van der Waals surface area (Å²) in [7, 11) is 0. The Labute approximate surface area is 183 Å². The first-order chi connectivity index (χ1) is 13.9. The molecule has 0 aliphatic carbocycles. The molecule has 29 heavy (non-hydrogen) atoms. The molecule has 6 nitrogen and oxygen atoms in total. The van der Waals surface area contributed by atoms with Gasteiger partial charge in [0.1, 0.15) is 0 Å². The highest BCUT2D eigenvalue weighted by molar-refractivity contribution is 9.10. The van der Waals surface area contributed by atoms with Crippen LogP contribution in [0, 0.1) is 0 Å². The minimum atomic E-state index is -0.390. The summed E-state index contributed by atoms with van der Waals surface area (Å²) in [5.41, 5.74) is 2.83. The number of nitrogen functional groups attached to an aromatic ring is 1. The molecule has 8 heteroatoms. The molecule has 0 saturated carbocycles. The molecular weight excluding hydrogens is 450 g/mol. The smallest absolute Gasteiger partial charge is 0.237 e. The third-order valence-electron chi connectivity index (χ3n) is 4.79. The van der Waals surface area contributed by atoms with Crippen molar-refractivity contribution in [3.63, 3.8) is 0 Å². The van der Waals surface area contributed by atoms with E-state index in [0.717, 1.165) is 27.7 Å². The van der Waals surface area contributed by atoms with Gasteiger partial charge in [-0.2, -0.15) is 0 Å². The molecule has 3 aromatic rings. The van der Waals surface area contributed by atoms with E-state index in [1.165, 1.54) is 16.4 Å². The molecule has 0 saturated heterocycles. The van der Waals surface area contributed by atoms with Crippen molar-refractivity contribution in [2.75, 3.05) is 11.2 Å². The Bertz CT molecular complexity index is 1010. The first kappa shape index (κ1) is 21.4. The van der Waals surface area contributed by atoms with Crippen LogP contribution in [0.3, 0.4) is 0 Å². The van der Waals surface area contributed by atoms with Crippen LogP contribution < -0.4 is 11.2 Å². The van der Waals surface area contributed by atoms with E-state index in [2.05, 4.69) is 51.4 Å². The fourth-order valence-corrected chi connectivity index (χ4v) is 4.12. The van der Waals surface area contributed by atoms with Gasteiger partial charge in [-0.3, -0.25) is 4.79 Å². The van der Waals surface area contributed by atoms with E-state index in [4.69, 9.17) is 5.84 Å². The van der Waals surface area contributed by atoms with Crippen molar-refractivity contribution in [2.24, 2.45) is 0 Å². The van der Waals surface area contributed by atoms with Crippen molar-refractivity contribution in [3.8, 4) is 11.4 Å². The van der Waals surface area contributed by atoms with Crippen LogP contribution in [0.25, 0.3) is 11.4 Å². The van der Waals surface area contributed by atoms with Gasteiger partial charge < -0.3 is 11.2 Å². The van der Waals surface area contributed by atoms with Gasteiger partial charge >= 0.3 is 0 Å². The second-order valence-electron chi connectivity index (χ2n) is 6.80. The molecule has 1 heterocycles. The number of thioether (sulfide) groups is 1. The van der Waals surface area contributed by atoms with E-state index in [1.54, 1.807) is 0 Å². The first-order valence-electron chi connectivity index (χ1n) is 9.44. The lowest BCUT2D eigenvalue weighted by Gasteiger charge is -2.17. The number of para-hydroxylation sites is 1. The third kappa shape index (κ3) is 4.82. The van der Waals surface area contributed by atoms with Crippen LogP contribution in [-0.2, 0) is 4.79 Å². The number of halogens is 1. The number of carbonyl (C=O) groups excluding carboxylic acids is 1. The molecule has 0 aliphatic rings. The summed E-state index contributed by atoms with van der Waals surface area (Å²) in [5, 5.41) is 11.5. The molecule has 0 fully saturated rings. The van der Waals surface area contributed by atoms with Gasteiger partial charge in [-0.1, -0.05) is 71.9 Å². The number of rotatable bonds is 7. The number of benzene rings is 2. The molecule has 3 N–H and O–H groups in total. The first-order valence-corrected chi connectivity index (χ1v) is 11.1. The average Bonchev–Trinajstić information content (AvgIpc) is 3.08. The number of nitrogens with one attached hydrogen (secondary N) is 1. The SMILES string of the molecule is CCC(C)c1ccccc1NC(=O)C(C)Sc1nnc(-c2ccccc2Br)n1N. The maximum absolute atomic E-state index is 12.8. The summed E-state index contributed by atoms with van der Waals surface area (Å²) < 4.78 is 2.30. The van der Waals surface area contributed by atoms with Gasteiger partial charge in [0.25, 0.3) is 0 Å². The Balaban J connectivity index is 1.74. The Morgan fingerprint density at radius 3 is 2.59 bits per heavy atom. The van der Waals surface area contributed by atoms with Gasteiger partial charge in [-0.15, -0.1) is 10.2 Å². The van der Waals surface area contributed by atoms with Crippen molar-refractivity contribution in [2.45, 2.75) is 43.5 Å². The molecule has 1 amide bonds. The topological polar surface area (TPSA) is 85.8 Å². The molecule has 3 rings (SSSR count). The maximum atomic E-state index is 12.8. The van der Waals surface area contributed by atoms with Crippen molar-refractivity contribution >= 4 is 39.3 Å². The Morgan fingerprint density at radius 1 is 1.17 bits per heavy atom. The van der Waals surface area contributed by atoms with Gasteiger partial charge in [0.05, 0.1) is 5.25 Å². The lowest BCUT2D eigenvalue weighted by atomic mass is 9.97.